The smallest absolute Gasteiger partial charge is 0.311 e. The van der Waals surface area contributed by atoms with Gasteiger partial charge in [0.1, 0.15) is 6.10 Å². The fraction of sp³-hybridized carbons (Fsp3) is 0.800. The predicted octanol–water partition coefficient (Wildman–Crippen LogP) is 5.04. The van der Waals surface area contributed by atoms with Crippen molar-refractivity contribution >= 4 is 5.97 Å². The van der Waals surface area contributed by atoms with Crippen molar-refractivity contribution in [1.29, 1.82) is 0 Å². The third-order valence-electron chi connectivity index (χ3n) is 7.14. The zero-order chi connectivity index (χ0) is 21.8. The first-order chi connectivity index (χ1) is 13.6. The van der Waals surface area contributed by atoms with Gasteiger partial charge in [0.05, 0.1) is 17.6 Å². The van der Waals surface area contributed by atoms with Crippen LogP contribution in [0.3, 0.4) is 0 Å². The van der Waals surface area contributed by atoms with Crippen molar-refractivity contribution in [3.63, 3.8) is 0 Å². The third-order valence-corrected chi connectivity index (χ3v) is 7.14. The Hall–Kier alpha value is -1.13. The minimum absolute atomic E-state index is 0.106. The summed E-state index contributed by atoms with van der Waals surface area (Å²) in [7, 11) is 0. The van der Waals surface area contributed by atoms with Crippen molar-refractivity contribution in [2.45, 2.75) is 98.4 Å². The fourth-order valence-corrected chi connectivity index (χ4v) is 4.65. The summed E-state index contributed by atoms with van der Waals surface area (Å²) in [4.78, 5) is 12.8. The van der Waals surface area contributed by atoms with Crippen molar-refractivity contribution in [1.82, 2.24) is 0 Å². The summed E-state index contributed by atoms with van der Waals surface area (Å²) in [6.45, 7) is 12.3. The first-order valence-electron chi connectivity index (χ1n) is 11.6. The van der Waals surface area contributed by atoms with Gasteiger partial charge in [-0.1, -0.05) is 45.9 Å². The number of hydrogen-bond acceptors (Lipinski definition) is 4. The number of carbonyl (C=O) groups is 1. The van der Waals surface area contributed by atoms with Crippen molar-refractivity contribution < 1.29 is 19.7 Å². The van der Waals surface area contributed by atoms with Crippen molar-refractivity contribution in [2.75, 3.05) is 0 Å². The Bertz CT molecular complexity index is 606. The van der Waals surface area contributed by atoms with Gasteiger partial charge in [-0.2, -0.15) is 0 Å². The van der Waals surface area contributed by atoms with Gasteiger partial charge < -0.3 is 14.9 Å². The second-order valence-electron chi connectivity index (χ2n) is 10.00. The van der Waals surface area contributed by atoms with Crippen molar-refractivity contribution in [2.24, 2.45) is 29.1 Å². The van der Waals surface area contributed by atoms with Gasteiger partial charge in [-0.25, -0.2) is 0 Å². The van der Waals surface area contributed by atoms with E-state index in [0.29, 0.717) is 37.0 Å². The Morgan fingerprint density at radius 3 is 2.55 bits per heavy atom. The largest absolute Gasteiger partial charge is 0.461 e. The van der Waals surface area contributed by atoms with Gasteiger partial charge in [-0.3, -0.25) is 4.79 Å². The Labute approximate surface area is 177 Å². The highest BCUT2D eigenvalue weighted by Crippen LogP contribution is 2.45. The number of esters is 1. The molecule has 0 aromatic heterocycles. The minimum Gasteiger partial charge on any atom is -0.461 e. The molecule has 29 heavy (non-hydrogen) atoms. The number of rotatable bonds is 9. The Morgan fingerprint density at radius 2 is 1.93 bits per heavy atom. The third kappa shape index (κ3) is 6.18. The summed E-state index contributed by atoms with van der Waals surface area (Å²) >= 11 is 0. The van der Waals surface area contributed by atoms with Gasteiger partial charge in [-0.15, -0.1) is 0 Å². The molecule has 166 valence electrons. The maximum atomic E-state index is 12.8. The molecule has 0 amide bonds. The van der Waals surface area contributed by atoms with Gasteiger partial charge in [0.15, 0.2) is 0 Å². The number of aliphatic hydroxyl groups excluding tert-OH is 2. The normalized spacial score (nSPS) is 31.6. The molecular weight excluding hydrogens is 364 g/mol. The Kier molecular flexibility index (Phi) is 8.54. The Morgan fingerprint density at radius 1 is 1.24 bits per heavy atom. The number of allylic oxidation sites excluding steroid dienone is 3. The fourth-order valence-electron chi connectivity index (χ4n) is 4.65. The first kappa shape index (κ1) is 24.1. The topological polar surface area (TPSA) is 66.8 Å². The van der Waals surface area contributed by atoms with E-state index in [1.807, 2.05) is 27.7 Å². The lowest BCUT2D eigenvalue weighted by Gasteiger charge is -2.44. The maximum Gasteiger partial charge on any atom is 0.311 e. The van der Waals surface area contributed by atoms with E-state index in [-0.39, 0.29) is 18.0 Å². The summed E-state index contributed by atoms with van der Waals surface area (Å²) in [5.74, 6) is 1.16. The van der Waals surface area contributed by atoms with E-state index in [1.165, 1.54) is 5.57 Å². The SMILES string of the molecule is CC[C@H](O)C[C@H](O)CC[C@@H]1[C@H]2C(=C[C@H](C)C[C@@H]2OC(=O)C(C)(C)CC)C=C[C@@H]1C. The molecule has 2 aliphatic rings. The molecular formula is C25H42O4. The molecule has 4 nitrogen and oxygen atoms in total. The molecule has 2 N–H and O–H groups in total. The molecule has 0 saturated carbocycles. The van der Waals surface area contributed by atoms with Crippen molar-refractivity contribution in [3.05, 3.63) is 23.8 Å². The molecule has 0 radical (unpaired) electrons. The van der Waals surface area contributed by atoms with Crippen LogP contribution in [0.1, 0.15) is 80.1 Å². The number of aliphatic hydroxyl groups is 2. The molecule has 0 spiro atoms. The molecule has 4 heteroatoms. The molecule has 0 aromatic rings. The van der Waals surface area contributed by atoms with Gasteiger partial charge >= 0.3 is 5.97 Å². The van der Waals surface area contributed by atoms with Gasteiger partial charge in [0.25, 0.3) is 0 Å². The number of hydrogen-bond donors (Lipinski definition) is 2. The second kappa shape index (κ2) is 10.3. The van der Waals surface area contributed by atoms with E-state index < -0.39 is 17.6 Å². The highest BCUT2D eigenvalue weighted by atomic mass is 16.5. The van der Waals surface area contributed by atoms with Crippen LogP contribution < -0.4 is 0 Å². The van der Waals surface area contributed by atoms with E-state index in [9.17, 15) is 15.0 Å². The van der Waals surface area contributed by atoms with Gasteiger partial charge in [0, 0.05) is 5.92 Å². The van der Waals surface area contributed by atoms with Gasteiger partial charge in [0.2, 0.25) is 0 Å². The molecule has 2 aliphatic carbocycles. The van der Waals surface area contributed by atoms with E-state index >= 15 is 0 Å². The standard InChI is InChI=1S/C25H42O4/c1-7-19(26)15-20(27)11-12-21-17(4)9-10-18-13-16(3)14-22(23(18)21)29-24(28)25(5,6)8-2/h9-10,13,16-17,19-23,26-27H,7-8,11-12,14-15H2,1-6H3/t16-,17-,19-,20+,21-,22-,23+/m0/s1. The zero-order valence-corrected chi connectivity index (χ0v) is 19.2. The van der Waals surface area contributed by atoms with Crippen LogP contribution in [0.2, 0.25) is 0 Å². The molecule has 0 fully saturated rings. The maximum absolute atomic E-state index is 12.8. The molecule has 0 bridgehead atoms. The number of ether oxygens (including phenoxy) is 1. The summed E-state index contributed by atoms with van der Waals surface area (Å²) in [5.41, 5.74) is 0.810. The van der Waals surface area contributed by atoms with Crippen LogP contribution in [-0.4, -0.2) is 34.5 Å². The van der Waals surface area contributed by atoms with Gasteiger partial charge in [-0.05, 0) is 75.7 Å². The molecule has 0 aromatic carbocycles. The van der Waals surface area contributed by atoms with E-state index in [1.54, 1.807) is 0 Å². The number of fused-ring (bicyclic) bond motifs is 1. The lowest BCUT2D eigenvalue weighted by Crippen LogP contribution is -2.43. The molecule has 2 rings (SSSR count). The average molecular weight is 407 g/mol. The molecule has 0 saturated heterocycles. The van der Waals surface area contributed by atoms with Crippen LogP contribution in [0.5, 0.6) is 0 Å². The van der Waals surface area contributed by atoms with Crippen molar-refractivity contribution in [3.8, 4) is 0 Å². The Balaban J connectivity index is 2.17. The lowest BCUT2D eigenvalue weighted by atomic mass is 9.65. The summed E-state index contributed by atoms with van der Waals surface area (Å²) < 4.78 is 6.14. The minimum atomic E-state index is -0.488. The highest BCUT2D eigenvalue weighted by molar-refractivity contribution is 5.76. The first-order valence-corrected chi connectivity index (χ1v) is 11.6. The van der Waals surface area contributed by atoms with Crippen LogP contribution >= 0.6 is 0 Å². The van der Waals surface area contributed by atoms with E-state index in [4.69, 9.17) is 4.74 Å². The summed E-state index contributed by atoms with van der Waals surface area (Å²) in [6.07, 6.45) is 10.00. The monoisotopic (exact) mass is 406 g/mol. The molecule has 0 unspecified atom stereocenters. The highest BCUT2D eigenvalue weighted by Gasteiger charge is 2.42. The van der Waals surface area contributed by atoms with Crippen LogP contribution in [0, 0.1) is 29.1 Å². The van der Waals surface area contributed by atoms with Crippen LogP contribution in [0.15, 0.2) is 23.8 Å². The summed E-state index contributed by atoms with van der Waals surface area (Å²) in [6, 6.07) is 0. The average Bonchev–Trinajstić information content (AvgIpc) is 2.67. The van der Waals surface area contributed by atoms with E-state index in [2.05, 4.69) is 32.1 Å². The quantitative estimate of drug-likeness (QED) is 0.526. The summed E-state index contributed by atoms with van der Waals surface area (Å²) in [5, 5.41) is 20.2. The van der Waals surface area contributed by atoms with Crippen LogP contribution in [-0.2, 0) is 9.53 Å². The molecule has 7 atom stereocenters. The number of carbonyl (C=O) groups excluding carboxylic acids is 1. The predicted molar refractivity (Wildman–Crippen MR) is 117 cm³/mol. The van der Waals surface area contributed by atoms with Crippen LogP contribution in [0.25, 0.3) is 0 Å². The van der Waals surface area contributed by atoms with Crippen LogP contribution in [0.4, 0.5) is 0 Å². The second-order valence-corrected chi connectivity index (χ2v) is 10.00. The molecule has 0 aliphatic heterocycles. The van der Waals surface area contributed by atoms with E-state index in [0.717, 1.165) is 19.3 Å². The lowest BCUT2D eigenvalue weighted by molar-refractivity contribution is -0.164. The zero-order valence-electron chi connectivity index (χ0n) is 19.2. The molecule has 0 heterocycles.